The molecule has 1 aromatic carbocycles. The summed E-state index contributed by atoms with van der Waals surface area (Å²) in [6.07, 6.45) is 1.03. The second kappa shape index (κ2) is 7.76. The van der Waals surface area contributed by atoms with Gasteiger partial charge in [-0.1, -0.05) is 32.0 Å². The first-order chi connectivity index (χ1) is 9.45. The molecule has 0 aromatic heterocycles. The maximum absolute atomic E-state index is 12.8. The molecule has 0 fully saturated rings. The molecular formula is C15H26N2O2S. The van der Waals surface area contributed by atoms with E-state index in [1.807, 2.05) is 32.9 Å². The average Bonchev–Trinajstić information content (AvgIpc) is 2.39. The quantitative estimate of drug-likeness (QED) is 0.751. The van der Waals surface area contributed by atoms with Gasteiger partial charge in [0.15, 0.2) is 0 Å². The Bertz CT molecular complexity index is 512. The van der Waals surface area contributed by atoms with E-state index in [1.54, 1.807) is 12.1 Å². The van der Waals surface area contributed by atoms with Crippen LogP contribution in [-0.2, 0) is 16.6 Å². The van der Waals surface area contributed by atoms with E-state index in [9.17, 15) is 8.42 Å². The molecule has 0 amide bonds. The Morgan fingerprint density at radius 2 is 1.85 bits per heavy atom. The molecule has 0 saturated carbocycles. The maximum Gasteiger partial charge on any atom is 0.243 e. The molecule has 4 nitrogen and oxygen atoms in total. The molecule has 20 heavy (non-hydrogen) atoms. The summed E-state index contributed by atoms with van der Waals surface area (Å²) < 4.78 is 27.0. The minimum absolute atomic E-state index is 0.0401. The predicted molar refractivity (Wildman–Crippen MR) is 83.1 cm³/mol. The third-order valence-electron chi connectivity index (χ3n) is 3.19. The van der Waals surface area contributed by atoms with Crippen LogP contribution in [0.5, 0.6) is 0 Å². The minimum Gasteiger partial charge on any atom is -0.313 e. The zero-order valence-electron chi connectivity index (χ0n) is 12.9. The van der Waals surface area contributed by atoms with E-state index in [0.717, 1.165) is 18.5 Å². The van der Waals surface area contributed by atoms with Gasteiger partial charge < -0.3 is 5.32 Å². The normalized spacial score (nSPS) is 12.3. The third kappa shape index (κ3) is 4.04. The Hall–Kier alpha value is -0.910. The fraction of sp³-hybridized carbons (Fsp3) is 0.600. The number of nitrogens with zero attached hydrogens (tertiary/aromatic N) is 1. The zero-order chi connectivity index (χ0) is 15.2. The smallest absolute Gasteiger partial charge is 0.243 e. The van der Waals surface area contributed by atoms with Crippen LogP contribution in [-0.4, -0.2) is 31.9 Å². The van der Waals surface area contributed by atoms with Gasteiger partial charge in [-0.15, -0.1) is 0 Å². The van der Waals surface area contributed by atoms with Crippen molar-refractivity contribution in [1.82, 2.24) is 9.62 Å². The van der Waals surface area contributed by atoms with E-state index < -0.39 is 10.0 Å². The summed E-state index contributed by atoms with van der Waals surface area (Å²) in [7, 11) is -3.42. The van der Waals surface area contributed by atoms with Crippen LogP contribution in [0.15, 0.2) is 29.2 Å². The van der Waals surface area contributed by atoms with Crippen molar-refractivity contribution < 1.29 is 8.42 Å². The van der Waals surface area contributed by atoms with Crippen LogP contribution in [0.25, 0.3) is 0 Å². The third-order valence-corrected chi connectivity index (χ3v) is 5.44. The Morgan fingerprint density at radius 1 is 1.20 bits per heavy atom. The van der Waals surface area contributed by atoms with E-state index in [-0.39, 0.29) is 6.04 Å². The Morgan fingerprint density at radius 3 is 2.40 bits per heavy atom. The second-order valence-electron chi connectivity index (χ2n) is 5.09. The van der Waals surface area contributed by atoms with Gasteiger partial charge in [0.2, 0.25) is 10.0 Å². The van der Waals surface area contributed by atoms with Crippen LogP contribution < -0.4 is 5.32 Å². The largest absolute Gasteiger partial charge is 0.313 e. The molecule has 0 aliphatic heterocycles. The van der Waals surface area contributed by atoms with Gasteiger partial charge >= 0.3 is 0 Å². The fourth-order valence-corrected chi connectivity index (χ4v) is 4.11. The van der Waals surface area contributed by atoms with Crippen LogP contribution in [0.1, 0.15) is 39.7 Å². The van der Waals surface area contributed by atoms with Crippen LogP contribution in [0, 0.1) is 0 Å². The zero-order valence-corrected chi connectivity index (χ0v) is 13.7. The summed E-state index contributed by atoms with van der Waals surface area (Å²) in [6.45, 7) is 9.71. The van der Waals surface area contributed by atoms with Gasteiger partial charge in [-0.2, -0.15) is 4.31 Å². The highest BCUT2D eigenvalue weighted by Crippen LogP contribution is 2.21. The summed E-state index contributed by atoms with van der Waals surface area (Å²) >= 11 is 0. The Balaban J connectivity index is 3.11. The van der Waals surface area contributed by atoms with Crippen molar-refractivity contribution in [3.05, 3.63) is 29.8 Å². The SMILES string of the molecule is CCCNCc1ccccc1S(=O)(=O)N(CC)C(C)C. The van der Waals surface area contributed by atoms with E-state index in [0.29, 0.717) is 18.0 Å². The number of sulfonamides is 1. The first-order valence-corrected chi connectivity index (χ1v) is 8.69. The second-order valence-corrected chi connectivity index (χ2v) is 6.95. The van der Waals surface area contributed by atoms with E-state index >= 15 is 0 Å². The molecule has 1 N–H and O–H groups in total. The van der Waals surface area contributed by atoms with Crippen LogP contribution in [0.4, 0.5) is 0 Å². The molecule has 0 saturated heterocycles. The topological polar surface area (TPSA) is 49.4 Å². The molecule has 1 aromatic rings. The van der Waals surface area contributed by atoms with Crippen molar-refractivity contribution in [3.63, 3.8) is 0 Å². The molecule has 0 aliphatic rings. The first-order valence-electron chi connectivity index (χ1n) is 7.25. The summed E-state index contributed by atoms with van der Waals surface area (Å²) in [4.78, 5) is 0.416. The van der Waals surface area contributed by atoms with Gasteiger partial charge in [0, 0.05) is 19.1 Å². The summed E-state index contributed by atoms with van der Waals surface area (Å²) in [6, 6.07) is 7.20. The lowest BCUT2D eigenvalue weighted by atomic mass is 10.2. The van der Waals surface area contributed by atoms with Crippen molar-refractivity contribution in [2.24, 2.45) is 0 Å². The van der Waals surface area contributed by atoms with Gasteiger partial charge in [0.1, 0.15) is 0 Å². The molecule has 0 heterocycles. The monoisotopic (exact) mass is 298 g/mol. The predicted octanol–water partition coefficient (Wildman–Crippen LogP) is 2.61. The molecule has 0 aliphatic carbocycles. The number of nitrogens with one attached hydrogen (secondary N) is 1. The molecule has 0 unspecified atom stereocenters. The molecule has 5 heteroatoms. The van der Waals surface area contributed by atoms with Crippen molar-refractivity contribution in [3.8, 4) is 0 Å². The van der Waals surface area contributed by atoms with Gasteiger partial charge in [-0.25, -0.2) is 8.42 Å². The van der Waals surface area contributed by atoms with Crippen LogP contribution in [0.2, 0.25) is 0 Å². The van der Waals surface area contributed by atoms with E-state index in [4.69, 9.17) is 0 Å². The lowest BCUT2D eigenvalue weighted by Crippen LogP contribution is -2.37. The molecule has 0 atom stereocenters. The van der Waals surface area contributed by atoms with E-state index in [2.05, 4.69) is 12.2 Å². The lowest BCUT2D eigenvalue weighted by molar-refractivity contribution is 0.368. The highest BCUT2D eigenvalue weighted by molar-refractivity contribution is 7.89. The van der Waals surface area contributed by atoms with Crippen LogP contribution in [0.3, 0.4) is 0 Å². The minimum atomic E-state index is -3.42. The van der Waals surface area contributed by atoms with Gasteiger partial charge in [0.05, 0.1) is 4.90 Å². The molecular weight excluding hydrogens is 272 g/mol. The highest BCUT2D eigenvalue weighted by Gasteiger charge is 2.27. The summed E-state index contributed by atoms with van der Waals surface area (Å²) in [5.74, 6) is 0. The van der Waals surface area contributed by atoms with Gasteiger partial charge in [-0.05, 0) is 38.4 Å². The summed E-state index contributed by atoms with van der Waals surface area (Å²) in [5, 5.41) is 3.27. The van der Waals surface area contributed by atoms with E-state index in [1.165, 1.54) is 4.31 Å². The number of hydrogen-bond acceptors (Lipinski definition) is 3. The number of benzene rings is 1. The van der Waals surface area contributed by atoms with Gasteiger partial charge in [-0.3, -0.25) is 0 Å². The molecule has 0 radical (unpaired) electrons. The summed E-state index contributed by atoms with van der Waals surface area (Å²) in [5.41, 5.74) is 0.833. The molecule has 114 valence electrons. The Kier molecular flexibility index (Phi) is 6.65. The molecule has 1 rings (SSSR count). The van der Waals surface area contributed by atoms with Crippen molar-refractivity contribution in [2.45, 2.75) is 51.6 Å². The lowest BCUT2D eigenvalue weighted by Gasteiger charge is -2.25. The number of rotatable bonds is 8. The number of hydrogen-bond donors (Lipinski definition) is 1. The molecule has 0 bridgehead atoms. The molecule has 0 spiro atoms. The fourth-order valence-electron chi connectivity index (χ4n) is 2.24. The van der Waals surface area contributed by atoms with Crippen LogP contribution >= 0.6 is 0 Å². The standard InChI is InChI=1S/C15H26N2O2S/c1-5-11-16-12-14-9-7-8-10-15(14)20(18,19)17(6-2)13(3)4/h7-10,13,16H,5-6,11-12H2,1-4H3. The van der Waals surface area contributed by atoms with Crippen molar-refractivity contribution in [1.29, 1.82) is 0 Å². The van der Waals surface area contributed by atoms with Crippen molar-refractivity contribution in [2.75, 3.05) is 13.1 Å². The van der Waals surface area contributed by atoms with Crippen molar-refractivity contribution >= 4 is 10.0 Å². The maximum atomic E-state index is 12.8. The van der Waals surface area contributed by atoms with Gasteiger partial charge in [0.25, 0.3) is 0 Å². The highest BCUT2D eigenvalue weighted by atomic mass is 32.2. The Labute approximate surface area is 123 Å². The first kappa shape index (κ1) is 17.1. The average molecular weight is 298 g/mol.